The van der Waals surface area contributed by atoms with Crippen LogP contribution in [0, 0.1) is 0 Å². The van der Waals surface area contributed by atoms with Crippen LogP contribution in [0.2, 0.25) is 0 Å². The molecule has 0 saturated heterocycles. The topological polar surface area (TPSA) is 6.48 Å². The molecule has 4 rings (SSSR count). The first-order chi connectivity index (χ1) is 12.4. The van der Waals surface area contributed by atoms with Crippen molar-refractivity contribution < 1.29 is 0 Å². The molecule has 0 fully saturated rings. The summed E-state index contributed by atoms with van der Waals surface area (Å²) < 4.78 is 0. The largest absolute Gasteiger partial charge is 0.296 e. The second kappa shape index (κ2) is 6.83. The first-order valence-corrected chi connectivity index (χ1v) is 10.1. The van der Waals surface area contributed by atoms with Crippen LogP contribution in [0.15, 0.2) is 42.5 Å². The maximum atomic E-state index is 2.64. The Balaban J connectivity index is 1.48. The van der Waals surface area contributed by atoms with Crippen molar-refractivity contribution >= 4 is 0 Å². The van der Waals surface area contributed by atoms with E-state index in [2.05, 4.69) is 80.0 Å². The van der Waals surface area contributed by atoms with Gasteiger partial charge in [0.15, 0.2) is 0 Å². The minimum absolute atomic E-state index is 0.173. The molecule has 0 spiro atoms. The highest BCUT2D eigenvalue weighted by Crippen LogP contribution is 2.32. The lowest BCUT2D eigenvalue weighted by Crippen LogP contribution is -2.42. The van der Waals surface area contributed by atoms with Crippen molar-refractivity contribution in [3.8, 4) is 0 Å². The Hall–Kier alpha value is -1.64. The van der Waals surface area contributed by atoms with Gasteiger partial charge in [-0.05, 0) is 68.4 Å². The lowest BCUT2D eigenvalue weighted by molar-refractivity contribution is 0.118. The first-order valence-electron chi connectivity index (χ1n) is 10.1. The second-order valence-electron chi connectivity index (χ2n) is 9.03. The van der Waals surface area contributed by atoms with Gasteiger partial charge in [-0.2, -0.15) is 0 Å². The predicted octanol–water partition coefficient (Wildman–Crippen LogP) is 4.79. The standard InChI is InChI=1S/C24H32N2/c1-18(2)25-12-11-20-13-19(9-10-23(20)15-25)14-24(3,4)26-16-21-7-5-6-8-22(21)17-26/h5-10,13,18H,11-12,14-17H2,1-4H3. The second-order valence-corrected chi connectivity index (χ2v) is 9.03. The van der Waals surface area contributed by atoms with E-state index in [4.69, 9.17) is 0 Å². The van der Waals surface area contributed by atoms with E-state index in [1.807, 2.05) is 0 Å². The van der Waals surface area contributed by atoms with Gasteiger partial charge in [0.2, 0.25) is 0 Å². The third kappa shape index (κ3) is 3.45. The molecule has 0 bridgehead atoms. The number of hydrogen-bond donors (Lipinski definition) is 0. The van der Waals surface area contributed by atoms with Gasteiger partial charge in [0, 0.05) is 37.8 Å². The van der Waals surface area contributed by atoms with Crippen molar-refractivity contribution in [2.45, 2.75) is 71.8 Å². The van der Waals surface area contributed by atoms with E-state index >= 15 is 0 Å². The summed E-state index contributed by atoms with van der Waals surface area (Å²) in [5, 5.41) is 0. The third-order valence-corrected chi connectivity index (χ3v) is 6.38. The molecule has 2 aliphatic heterocycles. The molecular weight excluding hydrogens is 316 g/mol. The summed E-state index contributed by atoms with van der Waals surface area (Å²) in [6, 6.07) is 16.8. The zero-order valence-corrected chi connectivity index (χ0v) is 16.8. The van der Waals surface area contributed by atoms with Gasteiger partial charge in [0.25, 0.3) is 0 Å². The van der Waals surface area contributed by atoms with Crippen LogP contribution >= 0.6 is 0 Å². The zero-order chi connectivity index (χ0) is 18.3. The average Bonchev–Trinajstić information content (AvgIpc) is 3.06. The molecular formula is C24H32N2. The highest BCUT2D eigenvalue weighted by molar-refractivity contribution is 5.35. The Labute approximate surface area is 158 Å². The molecule has 0 N–H and O–H groups in total. The molecule has 2 aromatic rings. The van der Waals surface area contributed by atoms with Crippen LogP contribution in [0.5, 0.6) is 0 Å². The Morgan fingerprint density at radius 1 is 0.885 bits per heavy atom. The van der Waals surface area contributed by atoms with Gasteiger partial charge < -0.3 is 0 Å². The molecule has 138 valence electrons. The molecule has 2 nitrogen and oxygen atoms in total. The van der Waals surface area contributed by atoms with Crippen LogP contribution in [-0.2, 0) is 32.5 Å². The van der Waals surface area contributed by atoms with Gasteiger partial charge in [-0.1, -0.05) is 42.5 Å². The molecule has 0 atom stereocenters. The van der Waals surface area contributed by atoms with Gasteiger partial charge >= 0.3 is 0 Å². The fourth-order valence-corrected chi connectivity index (χ4v) is 4.55. The van der Waals surface area contributed by atoms with Crippen molar-refractivity contribution in [3.63, 3.8) is 0 Å². The van der Waals surface area contributed by atoms with Crippen LogP contribution in [0.25, 0.3) is 0 Å². The van der Waals surface area contributed by atoms with Crippen molar-refractivity contribution in [2.75, 3.05) is 6.54 Å². The van der Waals surface area contributed by atoms with E-state index in [0.717, 1.165) is 26.1 Å². The van der Waals surface area contributed by atoms with Crippen molar-refractivity contribution in [2.24, 2.45) is 0 Å². The van der Waals surface area contributed by atoms with Gasteiger partial charge in [-0.3, -0.25) is 9.80 Å². The van der Waals surface area contributed by atoms with Crippen LogP contribution in [0.1, 0.15) is 55.5 Å². The molecule has 2 aromatic carbocycles. The Morgan fingerprint density at radius 2 is 1.54 bits per heavy atom. The van der Waals surface area contributed by atoms with Gasteiger partial charge in [0.05, 0.1) is 0 Å². The lowest BCUT2D eigenvalue weighted by Gasteiger charge is -2.36. The predicted molar refractivity (Wildman–Crippen MR) is 109 cm³/mol. The van der Waals surface area contributed by atoms with Crippen molar-refractivity contribution in [1.82, 2.24) is 9.80 Å². The molecule has 2 heteroatoms. The fourth-order valence-electron chi connectivity index (χ4n) is 4.55. The van der Waals surface area contributed by atoms with E-state index in [1.54, 1.807) is 5.56 Å². The smallest absolute Gasteiger partial charge is 0.0245 e. The lowest BCUT2D eigenvalue weighted by atomic mass is 9.89. The Bertz CT molecular complexity index is 766. The molecule has 0 aromatic heterocycles. The summed E-state index contributed by atoms with van der Waals surface area (Å²) in [4.78, 5) is 5.21. The summed E-state index contributed by atoms with van der Waals surface area (Å²) >= 11 is 0. The minimum atomic E-state index is 0.173. The van der Waals surface area contributed by atoms with Crippen molar-refractivity contribution in [1.29, 1.82) is 0 Å². The molecule has 2 heterocycles. The summed E-state index contributed by atoms with van der Waals surface area (Å²) in [6.07, 6.45) is 2.30. The maximum Gasteiger partial charge on any atom is 0.0245 e. The molecule has 0 saturated carbocycles. The van der Waals surface area contributed by atoms with Crippen molar-refractivity contribution in [3.05, 3.63) is 70.3 Å². The van der Waals surface area contributed by atoms with Crippen LogP contribution in [0.4, 0.5) is 0 Å². The summed E-state index contributed by atoms with van der Waals surface area (Å²) in [5.74, 6) is 0. The zero-order valence-electron chi connectivity index (χ0n) is 16.8. The Kier molecular flexibility index (Phi) is 4.66. The normalized spacial score (nSPS) is 18.2. The van der Waals surface area contributed by atoms with Gasteiger partial charge in [0.1, 0.15) is 0 Å². The summed E-state index contributed by atoms with van der Waals surface area (Å²) in [6.45, 7) is 13.9. The highest BCUT2D eigenvalue weighted by Gasteiger charge is 2.32. The number of fused-ring (bicyclic) bond motifs is 2. The van der Waals surface area contributed by atoms with E-state index in [-0.39, 0.29) is 5.54 Å². The monoisotopic (exact) mass is 348 g/mol. The highest BCUT2D eigenvalue weighted by atomic mass is 15.2. The van der Waals surface area contributed by atoms with E-state index in [1.165, 1.54) is 35.2 Å². The maximum absolute atomic E-state index is 2.64. The number of nitrogens with zero attached hydrogens (tertiary/aromatic N) is 2. The third-order valence-electron chi connectivity index (χ3n) is 6.38. The van der Waals surface area contributed by atoms with Gasteiger partial charge in [-0.15, -0.1) is 0 Å². The van der Waals surface area contributed by atoms with Crippen LogP contribution < -0.4 is 0 Å². The summed E-state index contributed by atoms with van der Waals surface area (Å²) in [5.41, 5.74) is 7.76. The van der Waals surface area contributed by atoms with E-state index in [9.17, 15) is 0 Å². The van der Waals surface area contributed by atoms with Gasteiger partial charge in [-0.25, -0.2) is 0 Å². The summed E-state index contributed by atoms with van der Waals surface area (Å²) in [7, 11) is 0. The minimum Gasteiger partial charge on any atom is -0.296 e. The average molecular weight is 349 g/mol. The first kappa shape index (κ1) is 17.8. The van der Waals surface area contributed by atoms with Crippen LogP contribution in [0.3, 0.4) is 0 Å². The molecule has 0 amide bonds. The molecule has 2 aliphatic rings. The molecule has 26 heavy (non-hydrogen) atoms. The van der Waals surface area contributed by atoms with Crippen LogP contribution in [-0.4, -0.2) is 27.9 Å². The van der Waals surface area contributed by atoms with E-state index < -0.39 is 0 Å². The quantitative estimate of drug-likeness (QED) is 0.784. The number of rotatable bonds is 4. The fraction of sp³-hybridized carbons (Fsp3) is 0.500. The number of benzene rings is 2. The number of hydrogen-bond acceptors (Lipinski definition) is 2. The SMILES string of the molecule is CC(C)N1CCc2cc(CC(C)(C)N3Cc4ccccc4C3)ccc2C1. The molecule has 0 aliphatic carbocycles. The Morgan fingerprint density at radius 3 is 2.19 bits per heavy atom. The molecule has 0 radical (unpaired) electrons. The van der Waals surface area contributed by atoms with E-state index in [0.29, 0.717) is 6.04 Å². The molecule has 0 unspecified atom stereocenters.